The summed E-state index contributed by atoms with van der Waals surface area (Å²) in [6.07, 6.45) is 6.95. The molecule has 2 unspecified atom stereocenters. The molecule has 2 fully saturated rings. The number of nitrogens with two attached hydrogens (primary N) is 1. The second-order valence-corrected chi connectivity index (χ2v) is 5.86. The Bertz CT molecular complexity index is 214. The van der Waals surface area contributed by atoms with E-state index in [1.165, 1.54) is 64.8 Å². The Morgan fingerprint density at radius 2 is 1.76 bits per heavy atom. The van der Waals surface area contributed by atoms with Gasteiger partial charge in [0.15, 0.2) is 0 Å². The Hall–Kier alpha value is -0.120. The van der Waals surface area contributed by atoms with Gasteiger partial charge in [0.25, 0.3) is 0 Å². The van der Waals surface area contributed by atoms with Crippen molar-refractivity contribution in [2.75, 3.05) is 39.3 Å². The molecule has 2 atom stereocenters. The van der Waals surface area contributed by atoms with Crippen LogP contribution in [0.4, 0.5) is 0 Å². The lowest BCUT2D eigenvalue weighted by Gasteiger charge is -2.40. The molecule has 100 valence electrons. The molecule has 2 aliphatic rings. The number of hydrogen-bond donors (Lipinski definition) is 1. The van der Waals surface area contributed by atoms with Gasteiger partial charge in [-0.15, -0.1) is 0 Å². The van der Waals surface area contributed by atoms with Crippen molar-refractivity contribution in [3.8, 4) is 0 Å². The highest BCUT2D eigenvalue weighted by Crippen LogP contribution is 2.22. The van der Waals surface area contributed by atoms with Crippen LogP contribution in [0.5, 0.6) is 0 Å². The van der Waals surface area contributed by atoms with Crippen molar-refractivity contribution >= 4 is 0 Å². The fourth-order valence-electron chi connectivity index (χ4n) is 3.45. The first-order chi connectivity index (χ1) is 8.31. The van der Waals surface area contributed by atoms with Gasteiger partial charge in [0.2, 0.25) is 0 Å². The summed E-state index contributed by atoms with van der Waals surface area (Å²) in [5.41, 5.74) is 5.94. The summed E-state index contributed by atoms with van der Waals surface area (Å²) >= 11 is 0. The summed E-state index contributed by atoms with van der Waals surface area (Å²) in [7, 11) is 0. The van der Waals surface area contributed by atoms with Crippen LogP contribution in [-0.2, 0) is 0 Å². The van der Waals surface area contributed by atoms with Crippen LogP contribution in [0.3, 0.4) is 0 Å². The maximum Gasteiger partial charge on any atom is 0.0244 e. The smallest absolute Gasteiger partial charge is 0.0244 e. The summed E-state index contributed by atoms with van der Waals surface area (Å²) in [6.45, 7) is 9.58. The second kappa shape index (κ2) is 6.72. The number of nitrogens with zero attached hydrogens (tertiary/aromatic N) is 2. The van der Waals surface area contributed by atoms with Gasteiger partial charge in [-0.3, -0.25) is 4.90 Å². The van der Waals surface area contributed by atoms with Crippen LogP contribution in [0.1, 0.15) is 39.0 Å². The van der Waals surface area contributed by atoms with Crippen molar-refractivity contribution < 1.29 is 0 Å². The van der Waals surface area contributed by atoms with Crippen molar-refractivity contribution in [1.82, 2.24) is 9.80 Å². The first kappa shape index (κ1) is 13.3. The Morgan fingerprint density at radius 1 is 1.00 bits per heavy atom. The van der Waals surface area contributed by atoms with E-state index in [1.807, 2.05) is 0 Å². The number of hydrogen-bond acceptors (Lipinski definition) is 3. The molecular weight excluding hydrogens is 210 g/mol. The maximum atomic E-state index is 5.94. The van der Waals surface area contributed by atoms with Crippen molar-refractivity contribution in [2.24, 2.45) is 11.7 Å². The minimum absolute atomic E-state index is 0.633. The van der Waals surface area contributed by atoms with Crippen LogP contribution in [-0.4, -0.2) is 55.1 Å². The zero-order chi connectivity index (χ0) is 12.1. The Morgan fingerprint density at radius 3 is 2.47 bits per heavy atom. The van der Waals surface area contributed by atoms with Gasteiger partial charge in [-0.25, -0.2) is 0 Å². The van der Waals surface area contributed by atoms with Crippen molar-refractivity contribution in [3.05, 3.63) is 0 Å². The lowest BCUT2D eigenvalue weighted by Crippen LogP contribution is -2.51. The minimum Gasteiger partial charge on any atom is -0.329 e. The normalized spacial score (nSPS) is 32.8. The molecule has 2 aliphatic heterocycles. The molecule has 2 N–H and O–H groups in total. The molecule has 2 heterocycles. The van der Waals surface area contributed by atoms with Gasteiger partial charge in [-0.05, 0) is 51.2 Å². The molecule has 0 aromatic carbocycles. The third-order valence-electron chi connectivity index (χ3n) is 4.62. The number of rotatable bonds is 4. The summed E-state index contributed by atoms with van der Waals surface area (Å²) in [5.74, 6) is 0.787. The van der Waals surface area contributed by atoms with Crippen LogP contribution in [0, 0.1) is 5.92 Å². The number of likely N-dealkylation sites (tertiary alicyclic amines) is 2. The highest BCUT2D eigenvalue weighted by molar-refractivity contribution is 4.83. The number of piperidine rings is 2. The summed E-state index contributed by atoms with van der Waals surface area (Å²) in [5, 5.41) is 0. The molecule has 0 aromatic heterocycles. The van der Waals surface area contributed by atoms with E-state index < -0.39 is 0 Å². The molecule has 0 amide bonds. The highest BCUT2D eigenvalue weighted by atomic mass is 15.2. The van der Waals surface area contributed by atoms with E-state index in [9.17, 15) is 0 Å². The van der Waals surface area contributed by atoms with Crippen LogP contribution in [0.2, 0.25) is 0 Å². The Labute approximate surface area is 106 Å². The van der Waals surface area contributed by atoms with Gasteiger partial charge >= 0.3 is 0 Å². The van der Waals surface area contributed by atoms with Gasteiger partial charge in [-0.1, -0.05) is 13.3 Å². The molecule has 0 bridgehead atoms. The standard InChI is InChI=1S/C14H29N3/c1-13-6-5-9-17(14(13)12-15)11-10-16-7-3-2-4-8-16/h13-14H,2-12,15H2,1H3. The summed E-state index contributed by atoms with van der Waals surface area (Å²) in [4.78, 5) is 5.28. The largest absolute Gasteiger partial charge is 0.329 e. The molecule has 0 saturated carbocycles. The molecule has 3 heteroatoms. The van der Waals surface area contributed by atoms with Crippen molar-refractivity contribution in [2.45, 2.75) is 45.1 Å². The Balaban J connectivity index is 1.76. The van der Waals surface area contributed by atoms with E-state index in [4.69, 9.17) is 5.73 Å². The van der Waals surface area contributed by atoms with Gasteiger partial charge in [0.05, 0.1) is 0 Å². The van der Waals surface area contributed by atoms with E-state index in [1.54, 1.807) is 0 Å². The second-order valence-electron chi connectivity index (χ2n) is 5.86. The van der Waals surface area contributed by atoms with Crippen molar-refractivity contribution in [3.63, 3.8) is 0 Å². The topological polar surface area (TPSA) is 32.5 Å². The Kier molecular flexibility index (Phi) is 5.26. The van der Waals surface area contributed by atoms with E-state index in [0.29, 0.717) is 6.04 Å². The fourth-order valence-corrected chi connectivity index (χ4v) is 3.45. The van der Waals surface area contributed by atoms with Crippen molar-refractivity contribution in [1.29, 1.82) is 0 Å². The predicted octanol–water partition coefficient (Wildman–Crippen LogP) is 1.53. The van der Waals surface area contributed by atoms with E-state index in [-0.39, 0.29) is 0 Å². The minimum atomic E-state index is 0.633. The lowest BCUT2D eigenvalue weighted by molar-refractivity contribution is 0.0879. The summed E-state index contributed by atoms with van der Waals surface area (Å²) in [6, 6.07) is 0.633. The van der Waals surface area contributed by atoms with Crippen LogP contribution in [0.25, 0.3) is 0 Å². The fraction of sp³-hybridized carbons (Fsp3) is 1.00. The molecule has 2 saturated heterocycles. The average molecular weight is 239 g/mol. The van der Waals surface area contributed by atoms with Gasteiger partial charge in [-0.2, -0.15) is 0 Å². The van der Waals surface area contributed by atoms with Gasteiger partial charge < -0.3 is 10.6 Å². The van der Waals surface area contributed by atoms with E-state index in [2.05, 4.69) is 16.7 Å². The third-order valence-corrected chi connectivity index (χ3v) is 4.62. The van der Waals surface area contributed by atoms with Gasteiger partial charge in [0, 0.05) is 25.7 Å². The average Bonchev–Trinajstić information content (AvgIpc) is 2.37. The highest BCUT2D eigenvalue weighted by Gasteiger charge is 2.27. The SMILES string of the molecule is CC1CCCN(CCN2CCCCC2)C1CN. The zero-order valence-corrected chi connectivity index (χ0v) is 11.4. The third kappa shape index (κ3) is 3.67. The van der Waals surface area contributed by atoms with Crippen LogP contribution in [0.15, 0.2) is 0 Å². The molecule has 3 nitrogen and oxygen atoms in total. The predicted molar refractivity (Wildman–Crippen MR) is 73.1 cm³/mol. The van der Waals surface area contributed by atoms with E-state index in [0.717, 1.165) is 12.5 Å². The zero-order valence-electron chi connectivity index (χ0n) is 11.4. The molecular formula is C14H29N3. The lowest BCUT2D eigenvalue weighted by atomic mass is 9.91. The first-order valence-electron chi connectivity index (χ1n) is 7.47. The molecule has 0 aliphatic carbocycles. The van der Waals surface area contributed by atoms with Gasteiger partial charge in [0.1, 0.15) is 0 Å². The molecule has 2 rings (SSSR count). The summed E-state index contributed by atoms with van der Waals surface area (Å²) < 4.78 is 0. The van der Waals surface area contributed by atoms with E-state index >= 15 is 0 Å². The molecule has 0 spiro atoms. The monoisotopic (exact) mass is 239 g/mol. The molecule has 0 aromatic rings. The molecule has 0 radical (unpaired) electrons. The van der Waals surface area contributed by atoms with Crippen LogP contribution >= 0.6 is 0 Å². The van der Waals surface area contributed by atoms with Crippen LogP contribution < -0.4 is 5.73 Å². The first-order valence-corrected chi connectivity index (χ1v) is 7.47. The quantitative estimate of drug-likeness (QED) is 0.807. The maximum absolute atomic E-state index is 5.94. The molecule has 17 heavy (non-hydrogen) atoms.